The van der Waals surface area contributed by atoms with Crippen LogP contribution in [0.15, 0.2) is 24.3 Å². The Morgan fingerprint density at radius 2 is 1.94 bits per heavy atom. The van der Waals surface area contributed by atoms with Gasteiger partial charge in [0.05, 0.1) is 12.1 Å². The molecule has 1 aliphatic carbocycles. The van der Waals surface area contributed by atoms with Crippen molar-refractivity contribution in [1.29, 1.82) is 0 Å². The molecule has 0 bridgehead atoms. The maximum absolute atomic E-state index is 10.1. The molecule has 0 spiro atoms. The van der Waals surface area contributed by atoms with Crippen LogP contribution in [0.5, 0.6) is 0 Å². The molecule has 1 aromatic rings. The number of benzene rings is 1. The summed E-state index contributed by atoms with van der Waals surface area (Å²) in [5, 5.41) is 10.1. The summed E-state index contributed by atoms with van der Waals surface area (Å²) in [5.41, 5.74) is 7.16. The van der Waals surface area contributed by atoms with E-state index in [1.807, 2.05) is 24.3 Å². The quantitative estimate of drug-likeness (QED) is 0.821. The van der Waals surface area contributed by atoms with E-state index in [-0.39, 0.29) is 24.6 Å². The van der Waals surface area contributed by atoms with Gasteiger partial charge in [-0.2, -0.15) is 0 Å². The minimum absolute atomic E-state index is 0. The van der Waals surface area contributed by atoms with Crippen molar-refractivity contribution >= 4 is 35.0 Å². The van der Waals surface area contributed by atoms with Crippen molar-refractivity contribution in [1.82, 2.24) is 0 Å². The Morgan fingerprint density at radius 1 is 1.31 bits per heavy atom. The first kappa shape index (κ1) is 14.2. The average molecular weight is 354 g/mol. The standard InChI is InChI=1S/C12H16INO.ClH/c13-10-7-2-1-6-9(10)11(14)12(15)8-4-3-5-8;/h1-2,6-8,11-12,15H,3-5,14H2;1H/t11-,12+;/m1./s1. The van der Waals surface area contributed by atoms with Crippen molar-refractivity contribution < 1.29 is 5.11 Å². The average Bonchev–Trinajstić information content (AvgIpc) is 2.15. The van der Waals surface area contributed by atoms with Gasteiger partial charge in [0.2, 0.25) is 0 Å². The number of aliphatic hydroxyl groups is 1. The lowest BCUT2D eigenvalue weighted by atomic mass is 9.77. The van der Waals surface area contributed by atoms with Gasteiger partial charge in [0.15, 0.2) is 0 Å². The third-order valence-electron chi connectivity index (χ3n) is 3.27. The molecule has 90 valence electrons. The van der Waals surface area contributed by atoms with Crippen LogP contribution >= 0.6 is 35.0 Å². The maximum Gasteiger partial charge on any atom is 0.0761 e. The van der Waals surface area contributed by atoms with Crippen molar-refractivity contribution in [3.05, 3.63) is 33.4 Å². The van der Waals surface area contributed by atoms with Crippen LogP contribution in [-0.2, 0) is 0 Å². The van der Waals surface area contributed by atoms with Crippen LogP contribution in [0.25, 0.3) is 0 Å². The molecule has 2 nitrogen and oxygen atoms in total. The molecule has 1 aliphatic rings. The van der Waals surface area contributed by atoms with Gasteiger partial charge in [-0.25, -0.2) is 0 Å². The van der Waals surface area contributed by atoms with Gasteiger partial charge in [-0.1, -0.05) is 24.6 Å². The topological polar surface area (TPSA) is 46.2 Å². The van der Waals surface area contributed by atoms with E-state index in [0.29, 0.717) is 5.92 Å². The van der Waals surface area contributed by atoms with Crippen LogP contribution in [-0.4, -0.2) is 11.2 Å². The summed E-state index contributed by atoms with van der Waals surface area (Å²) in [6.45, 7) is 0. The number of hydrogen-bond acceptors (Lipinski definition) is 2. The summed E-state index contributed by atoms with van der Waals surface area (Å²) >= 11 is 2.27. The molecule has 3 N–H and O–H groups in total. The molecular weight excluding hydrogens is 336 g/mol. The summed E-state index contributed by atoms with van der Waals surface area (Å²) in [6, 6.07) is 7.78. The molecule has 0 aliphatic heterocycles. The van der Waals surface area contributed by atoms with Crippen LogP contribution in [0.1, 0.15) is 30.9 Å². The number of rotatable bonds is 3. The van der Waals surface area contributed by atoms with Crippen LogP contribution in [0.2, 0.25) is 0 Å². The van der Waals surface area contributed by atoms with Crippen LogP contribution in [0.3, 0.4) is 0 Å². The summed E-state index contributed by atoms with van der Waals surface area (Å²) in [6.07, 6.45) is 3.10. The monoisotopic (exact) mass is 353 g/mol. The van der Waals surface area contributed by atoms with Crippen molar-refractivity contribution in [2.75, 3.05) is 0 Å². The molecule has 16 heavy (non-hydrogen) atoms. The Balaban J connectivity index is 0.00000128. The lowest BCUT2D eigenvalue weighted by Gasteiger charge is -2.34. The van der Waals surface area contributed by atoms with E-state index in [9.17, 15) is 5.11 Å². The number of nitrogens with two attached hydrogens (primary N) is 1. The minimum Gasteiger partial charge on any atom is -0.391 e. The SMILES string of the molecule is Cl.N[C@H](c1ccccc1I)[C@@H](O)C1CCC1. The second-order valence-electron chi connectivity index (χ2n) is 4.23. The van der Waals surface area contributed by atoms with E-state index in [0.717, 1.165) is 22.0 Å². The van der Waals surface area contributed by atoms with Gasteiger partial charge >= 0.3 is 0 Å². The predicted octanol–water partition coefficient (Wildman–Crippen LogP) is 2.87. The first-order valence-corrected chi connectivity index (χ1v) is 6.46. The fraction of sp³-hybridized carbons (Fsp3) is 0.500. The predicted molar refractivity (Wildman–Crippen MR) is 76.7 cm³/mol. The highest BCUT2D eigenvalue weighted by molar-refractivity contribution is 14.1. The van der Waals surface area contributed by atoms with Crippen LogP contribution in [0.4, 0.5) is 0 Å². The number of hydrogen-bond donors (Lipinski definition) is 2. The van der Waals surface area contributed by atoms with Crippen LogP contribution < -0.4 is 5.73 Å². The van der Waals surface area contributed by atoms with E-state index in [1.165, 1.54) is 6.42 Å². The Labute approximate surface area is 116 Å². The van der Waals surface area contributed by atoms with Gasteiger partial charge in [0.25, 0.3) is 0 Å². The zero-order valence-corrected chi connectivity index (χ0v) is 11.9. The molecular formula is C12H17ClINO. The molecule has 0 heterocycles. The number of aliphatic hydroxyl groups excluding tert-OH is 1. The summed E-state index contributed by atoms with van der Waals surface area (Å²) in [7, 11) is 0. The summed E-state index contributed by atoms with van der Waals surface area (Å²) in [4.78, 5) is 0. The molecule has 0 unspecified atom stereocenters. The second kappa shape index (κ2) is 6.19. The molecule has 1 aromatic carbocycles. The highest BCUT2D eigenvalue weighted by atomic mass is 127. The zero-order chi connectivity index (χ0) is 10.8. The Hall–Kier alpha value is 0.160. The minimum atomic E-state index is -0.380. The first-order valence-electron chi connectivity index (χ1n) is 5.38. The molecule has 0 saturated heterocycles. The van der Waals surface area contributed by atoms with E-state index in [2.05, 4.69) is 22.6 Å². The second-order valence-corrected chi connectivity index (χ2v) is 5.39. The lowest BCUT2D eigenvalue weighted by molar-refractivity contribution is 0.0412. The first-order chi connectivity index (χ1) is 7.20. The van der Waals surface area contributed by atoms with Gasteiger partial charge in [-0.05, 0) is 53.0 Å². The normalized spacial score (nSPS) is 19.4. The Bertz CT molecular complexity index is 344. The molecule has 0 radical (unpaired) electrons. The van der Waals surface area contributed by atoms with Crippen molar-refractivity contribution in [2.45, 2.75) is 31.4 Å². The highest BCUT2D eigenvalue weighted by Crippen LogP contribution is 2.35. The van der Waals surface area contributed by atoms with Crippen LogP contribution in [0, 0.1) is 9.49 Å². The molecule has 2 rings (SSSR count). The third kappa shape index (κ3) is 2.88. The lowest BCUT2D eigenvalue weighted by Crippen LogP contribution is -2.36. The van der Waals surface area contributed by atoms with Gasteiger partial charge in [0, 0.05) is 3.57 Å². The van der Waals surface area contributed by atoms with Crippen molar-refractivity contribution in [3.8, 4) is 0 Å². The molecule has 4 heteroatoms. The van der Waals surface area contributed by atoms with E-state index < -0.39 is 0 Å². The van der Waals surface area contributed by atoms with E-state index in [4.69, 9.17) is 5.73 Å². The smallest absolute Gasteiger partial charge is 0.0761 e. The summed E-state index contributed by atoms with van der Waals surface area (Å²) in [5.74, 6) is 0.413. The Morgan fingerprint density at radius 3 is 2.44 bits per heavy atom. The van der Waals surface area contributed by atoms with Crippen molar-refractivity contribution in [3.63, 3.8) is 0 Å². The maximum atomic E-state index is 10.1. The van der Waals surface area contributed by atoms with E-state index in [1.54, 1.807) is 0 Å². The van der Waals surface area contributed by atoms with Gasteiger partial charge in [-0.15, -0.1) is 12.4 Å². The number of halogens is 2. The molecule has 0 aromatic heterocycles. The van der Waals surface area contributed by atoms with Crippen molar-refractivity contribution in [2.24, 2.45) is 11.7 Å². The molecule has 2 atom stereocenters. The fourth-order valence-corrected chi connectivity index (χ4v) is 2.75. The molecule has 1 fully saturated rings. The highest BCUT2D eigenvalue weighted by Gasteiger charge is 2.31. The fourth-order valence-electron chi connectivity index (χ4n) is 2.00. The largest absolute Gasteiger partial charge is 0.391 e. The Kier molecular flexibility index (Phi) is 5.50. The molecule has 0 amide bonds. The summed E-state index contributed by atoms with van der Waals surface area (Å²) < 4.78 is 1.14. The molecule has 1 saturated carbocycles. The van der Waals surface area contributed by atoms with E-state index >= 15 is 0 Å². The van der Waals surface area contributed by atoms with Gasteiger partial charge < -0.3 is 10.8 Å². The van der Waals surface area contributed by atoms with Gasteiger partial charge in [-0.3, -0.25) is 0 Å². The third-order valence-corrected chi connectivity index (χ3v) is 4.25. The van der Waals surface area contributed by atoms with Gasteiger partial charge in [0.1, 0.15) is 0 Å². The zero-order valence-electron chi connectivity index (χ0n) is 8.97.